The summed E-state index contributed by atoms with van der Waals surface area (Å²) in [5, 5.41) is 3.14. The average Bonchev–Trinajstić information content (AvgIpc) is 2.98. The van der Waals surface area contributed by atoms with Gasteiger partial charge in [0.25, 0.3) is 0 Å². The molecule has 0 unspecified atom stereocenters. The van der Waals surface area contributed by atoms with Gasteiger partial charge in [0.15, 0.2) is 5.13 Å². The van der Waals surface area contributed by atoms with Crippen molar-refractivity contribution in [3.63, 3.8) is 0 Å². The van der Waals surface area contributed by atoms with Crippen LogP contribution in [0.2, 0.25) is 0 Å². The minimum absolute atomic E-state index is 0.769. The number of benzene rings is 1. The lowest BCUT2D eigenvalue weighted by molar-refractivity contribution is 0.802. The number of thiazole rings is 1. The molecule has 92 valence electrons. The molecule has 1 aromatic carbocycles. The van der Waals surface area contributed by atoms with Gasteiger partial charge in [-0.15, -0.1) is 11.3 Å². The van der Waals surface area contributed by atoms with Crippen LogP contribution < -0.4 is 4.90 Å². The number of fused-ring (bicyclic) bond motifs is 1. The van der Waals surface area contributed by atoms with Crippen molar-refractivity contribution in [2.75, 3.05) is 19.0 Å². The first-order chi connectivity index (χ1) is 8.74. The van der Waals surface area contributed by atoms with Crippen molar-refractivity contribution in [1.29, 1.82) is 0 Å². The van der Waals surface area contributed by atoms with E-state index in [0.717, 1.165) is 28.4 Å². The van der Waals surface area contributed by atoms with Crippen LogP contribution in [0.4, 0.5) is 5.13 Å². The molecule has 0 amide bonds. The Morgan fingerprint density at radius 2 is 2.11 bits per heavy atom. The predicted molar refractivity (Wildman–Crippen MR) is 75.3 cm³/mol. The van der Waals surface area contributed by atoms with Gasteiger partial charge in [-0.05, 0) is 12.1 Å². The van der Waals surface area contributed by atoms with E-state index in [9.17, 15) is 0 Å². The maximum absolute atomic E-state index is 4.59. The van der Waals surface area contributed by atoms with Crippen LogP contribution in [0.3, 0.4) is 0 Å². The number of imidazole rings is 1. The van der Waals surface area contributed by atoms with Crippen molar-refractivity contribution in [2.24, 2.45) is 0 Å². The molecule has 0 aliphatic carbocycles. The van der Waals surface area contributed by atoms with Crippen LogP contribution in [-0.4, -0.2) is 28.6 Å². The Labute approximate surface area is 110 Å². The van der Waals surface area contributed by atoms with E-state index in [1.807, 2.05) is 43.5 Å². The van der Waals surface area contributed by atoms with E-state index in [-0.39, 0.29) is 0 Å². The third-order valence-electron chi connectivity index (χ3n) is 2.78. The number of hydrogen-bond donors (Lipinski definition) is 0. The summed E-state index contributed by atoms with van der Waals surface area (Å²) in [6, 6.07) is 8.15. The second-order valence-electron chi connectivity index (χ2n) is 4.38. The third kappa shape index (κ3) is 1.97. The monoisotopic (exact) mass is 258 g/mol. The first-order valence-corrected chi connectivity index (χ1v) is 6.63. The summed E-state index contributed by atoms with van der Waals surface area (Å²) in [7, 11) is 4.02. The highest BCUT2D eigenvalue weighted by Gasteiger charge is 2.06. The Hall–Kier alpha value is -1.88. The van der Waals surface area contributed by atoms with Crippen molar-refractivity contribution >= 4 is 27.5 Å². The predicted octanol–water partition coefficient (Wildman–Crippen LogP) is 2.61. The quantitative estimate of drug-likeness (QED) is 0.724. The molecular formula is C13H14N4S. The molecule has 3 rings (SSSR count). The number of anilines is 1. The van der Waals surface area contributed by atoms with Crippen molar-refractivity contribution in [1.82, 2.24) is 14.5 Å². The van der Waals surface area contributed by atoms with Gasteiger partial charge >= 0.3 is 0 Å². The van der Waals surface area contributed by atoms with Crippen LogP contribution in [0.15, 0.2) is 36.0 Å². The Balaban J connectivity index is 1.91. The molecule has 18 heavy (non-hydrogen) atoms. The molecule has 5 heteroatoms. The fourth-order valence-electron chi connectivity index (χ4n) is 1.89. The van der Waals surface area contributed by atoms with Crippen LogP contribution in [0, 0.1) is 0 Å². The highest BCUT2D eigenvalue weighted by molar-refractivity contribution is 7.13. The van der Waals surface area contributed by atoms with E-state index < -0.39 is 0 Å². The van der Waals surface area contributed by atoms with E-state index in [4.69, 9.17) is 0 Å². The smallest absolute Gasteiger partial charge is 0.185 e. The first kappa shape index (κ1) is 11.2. The molecule has 0 atom stereocenters. The largest absolute Gasteiger partial charge is 0.354 e. The summed E-state index contributed by atoms with van der Waals surface area (Å²) in [6.45, 7) is 0.769. The van der Waals surface area contributed by atoms with Crippen LogP contribution in [0.5, 0.6) is 0 Å². The van der Waals surface area contributed by atoms with Gasteiger partial charge in [0.2, 0.25) is 0 Å². The van der Waals surface area contributed by atoms with Crippen LogP contribution >= 0.6 is 11.3 Å². The number of para-hydroxylation sites is 2. The summed E-state index contributed by atoms with van der Waals surface area (Å²) in [4.78, 5) is 11.0. The van der Waals surface area contributed by atoms with E-state index in [1.54, 1.807) is 11.3 Å². The molecular weight excluding hydrogens is 244 g/mol. The van der Waals surface area contributed by atoms with Gasteiger partial charge in [0, 0.05) is 19.5 Å². The topological polar surface area (TPSA) is 34.0 Å². The minimum Gasteiger partial charge on any atom is -0.354 e. The molecule has 0 bridgehead atoms. The van der Waals surface area contributed by atoms with E-state index >= 15 is 0 Å². The van der Waals surface area contributed by atoms with E-state index in [0.29, 0.717) is 0 Å². The van der Waals surface area contributed by atoms with Crippen molar-refractivity contribution in [3.8, 4) is 0 Å². The second kappa shape index (κ2) is 4.42. The SMILES string of the molecule is CN(C)c1nc(Cn2cnc3ccccc32)cs1. The Morgan fingerprint density at radius 1 is 1.28 bits per heavy atom. The summed E-state index contributed by atoms with van der Waals surface area (Å²) in [5.41, 5.74) is 3.25. The second-order valence-corrected chi connectivity index (χ2v) is 5.21. The molecule has 0 fully saturated rings. The Morgan fingerprint density at radius 3 is 2.89 bits per heavy atom. The minimum atomic E-state index is 0.769. The number of rotatable bonds is 3. The Bertz CT molecular complexity index is 668. The first-order valence-electron chi connectivity index (χ1n) is 5.75. The molecule has 4 nitrogen and oxygen atoms in total. The molecule has 2 aromatic heterocycles. The average molecular weight is 258 g/mol. The van der Waals surface area contributed by atoms with Gasteiger partial charge in [-0.1, -0.05) is 12.1 Å². The molecule has 0 aliphatic heterocycles. The van der Waals surface area contributed by atoms with Crippen molar-refractivity contribution in [2.45, 2.75) is 6.54 Å². The Kier molecular flexibility index (Phi) is 2.76. The lowest BCUT2D eigenvalue weighted by Gasteiger charge is -2.06. The number of aromatic nitrogens is 3. The highest BCUT2D eigenvalue weighted by Crippen LogP contribution is 2.20. The van der Waals surface area contributed by atoms with Crippen LogP contribution in [0.1, 0.15) is 5.69 Å². The molecule has 0 saturated heterocycles. The lowest BCUT2D eigenvalue weighted by Crippen LogP contribution is -2.08. The molecule has 2 heterocycles. The number of hydrogen-bond acceptors (Lipinski definition) is 4. The van der Waals surface area contributed by atoms with Crippen molar-refractivity contribution < 1.29 is 0 Å². The van der Waals surface area contributed by atoms with Gasteiger partial charge in [-0.25, -0.2) is 9.97 Å². The maximum atomic E-state index is 4.59. The lowest BCUT2D eigenvalue weighted by atomic mass is 10.3. The summed E-state index contributed by atoms with van der Waals surface area (Å²) >= 11 is 1.67. The molecule has 0 spiro atoms. The van der Waals surface area contributed by atoms with Crippen LogP contribution in [-0.2, 0) is 6.54 Å². The fourth-order valence-corrected chi connectivity index (χ4v) is 2.63. The summed E-state index contributed by atoms with van der Waals surface area (Å²) in [6.07, 6.45) is 1.87. The van der Waals surface area contributed by atoms with Gasteiger partial charge < -0.3 is 9.47 Å². The van der Waals surface area contributed by atoms with E-state index in [1.165, 1.54) is 0 Å². The van der Waals surface area contributed by atoms with Gasteiger partial charge in [0.05, 0.1) is 29.6 Å². The molecule has 0 N–H and O–H groups in total. The van der Waals surface area contributed by atoms with Gasteiger partial charge in [0.1, 0.15) is 0 Å². The van der Waals surface area contributed by atoms with E-state index in [2.05, 4.69) is 26.0 Å². The number of nitrogens with zero attached hydrogens (tertiary/aromatic N) is 4. The zero-order valence-corrected chi connectivity index (χ0v) is 11.2. The standard InChI is InChI=1S/C13H14N4S/c1-16(2)13-15-10(8-18-13)7-17-9-14-11-5-3-4-6-12(11)17/h3-6,8-9H,7H2,1-2H3. The molecule has 3 aromatic rings. The van der Waals surface area contributed by atoms with Gasteiger partial charge in [-0.2, -0.15) is 0 Å². The van der Waals surface area contributed by atoms with Crippen molar-refractivity contribution in [3.05, 3.63) is 41.7 Å². The molecule has 0 radical (unpaired) electrons. The third-order valence-corrected chi connectivity index (χ3v) is 3.84. The van der Waals surface area contributed by atoms with Crippen LogP contribution in [0.25, 0.3) is 11.0 Å². The zero-order valence-electron chi connectivity index (χ0n) is 10.4. The summed E-state index contributed by atoms with van der Waals surface area (Å²) in [5.74, 6) is 0. The maximum Gasteiger partial charge on any atom is 0.185 e. The molecule has 0 saturated carbocycles. The molecule has 0 aliphatic rings. The zero-order chi connectivity index (χ0) is 12.5. The van der Waals surface area contributed by atoms with Gasteiger partial charge in [-0.3, -0.25) is 0 Å². The summed E-state index contributed by atoms with van der Waals surface area (Å²) < 4.78 is 2.13. The normalized spacial score (nSPS) is 11.0. The fraction of sp³-hybridized carbons (Fsp3) is 0.231. The highest BCUT2D eigenvalue weighted by atomic mass is 32.1.